The van der Waals surface area contributed by atoms with Gasteiger partial charge in [-0.25, -0.2) is 13.1 Å². The molecule has 0 unspecified atom stereocenters. The highest BCUT2D eigenvalue weighted by Gasteiger charge is 2.26. The summed E-state index contributed by atoms with van der Waals surface area (Å²) in [6, 6.07) is 0. The van der Waals surface area contributed by atoms with Crippen molar-refractivity contribution in [1.82, 2.24) is 4.72 Å². The summed E-state index contributed by atoms with van der Waals surface area (Å²) >= 11 is 0. The third-order valence-electron chi connectivity index (χ3n) is 2.57. The Labute approximate surface area is 85.8 Å². The van der Waals surface area contributed by atoms with Crippen molar-refractivity contribution in [2.45, 2.75) is 50.4 Å². The lowest BCUT2D eigenvalue weighted by atomic mass is 10.0. The maximum Gasteiger partial charge on any atom is 0.214 e. The van der Waals surface area contributed by atoms with E-state index >= 15 is 0 Å². The van der Waals surface area contributed by atoms with Crippen molar-refractivity contribution in [3.8, 4) is 0 Å². The molecule has 1 atom stereocenters. The second kappa shape index (κ2) is 5.09. The summed E-state index contributed by atoms with van der Waals surface area (Å²) < 4.78 is 25.8. The SMILES string of the molecule is C[C@@H](O)CNS(=O)(=O)C1CCCCC1. The summed E-state index contributed by atoms with van der Waals surface area (Å²) in [6.45, 7) is 1.70. The molecule has 0 amide bonds. The molecule has 1 fully saturated rings. The monoisotopic (exact) mass is 221 g/mol. The van der Waals surface area contributed by atoms with Crippen LogP contribution in [-0.2, 0) is 10.0 Å². The standard InChI is InChI=1S/C9H19NO3S/c1-8(11)7-10-14(12,13)9-5-3-2-4-6-9/h8-11H,2-7H2,1H3/t8-/m1/s1. The summed E-state index contributed by atoms with van der Waals surface area (Å²) in [7, 11) is -3.19. The molecule has 0 aliphatic heterocycles. The highest BCUT2D eigenvalue weighted by atomic mass is 32.2. The van der Waals surface area contributed by atoms with Gasteiger partial charge in [0.05, 0.1) is 11.4 Å². The van der Waals surface area contributed by atoms with Crippen molar-refractivity contribution in [3.63, 3.8) is 0 Å². The molecule has 1 rings (SSSR count). The molecule has 0 bridgehead atoms. The van der Waals surface area contributed by atoms with Crippen LogP contribution in [0.25, 0.3) is 0 Å². The van der Waals surface area contributed by atoms with Crippen LogP contribution in [0.2, 0.25) is 0 Å². The zero-order valence-corrected chi connectivity index (χ0v) is 9.39. The lowest BCUT2D eigenvalue weighted by Crippen LogP contribution is -2.38. The predicted octanol–water partition coefficient (Wildman–Crippen LogP) is 0.619. The van der Waals surface area contributed by atoms with Gasteiger partial charge in [-0.1, -0.05) is 19.3 Å². The predicted molar refractivity (Wildman–Crippen MR) is 55.5 cm³/mol. The van der Waals surface area contributed by atoms with Gasteiger partial charge in [0.2, 0.25) is 10.0 Å². The van der Waals surface area contributed by atoms with Gasteiger partial charge >= 0.3 is 0 Å². The molecule has 14 heavy (non-hydrogen) atoms. The summed E-state index contributed by atoms with van der Waals surface area (Å²) in [6.07, 6.45) is 4.04. The van der Waals surface area contributed by atoms with Gasteiger partial charge in [-0.15, -0.1) is 0 Å². The van der Waals surface area contributed by atoms with E-state index in [1.54, 1.807) is 6.92 Å². The smallest absolute Gasteiger partial charge is 0.214 e. The van der Waals surface area contributed by atoms with Crippen LogP contribution in [0.3, 0.4) is 0 Å². The van der Waals surface area contributed by atoms with Gasteiger partial charge in [0.25, 0.3) is 0 Å². The molecule has 0 aromatic heterocycles. The highest BCUT2D eigenvalue weighted by Crippen LogP contribution is 2.22. The molecule has 0 aromatic carbocycles. The van der Waals surface area contributed by atoms with Crippen molar-refractivity contribution >= 4 is 10.0 Å². The van der Waals surface area contributed by atoms with Gasteiger partial charge in [-0.2, -0.15) is 0 Å². The molecular formula is C9H19NO3S. The Morgan fingerprint density at radius 3 is 2.43 bits per heavy atom. The van der Waals surface area contributed by atoms with Crippen LogP contribution >= 0.6 is 0 Å². The number of hydrogen-bond donors (Lipinski definition) is 2. The van der Waals surface area contributed by atoms with Gasteiger partial charge < -0.3 is 5.11 Å². The van der Waals surface area contributed by atoms with E-state index in [1.807, 2.05) is 0 Å². The van der Waals surface area contributed by atoms with Gasteiger partial charge in [-0.05, 0) is 19.8 Å². The molecule has 1 aliphatic carbocycles. The maximum absolute atomic E-state index is 11.7. The van der Waals surface area contributed by atoms with E-state index in [9.17, 15) is 8.42 Å². The van der Waals surface area contributed by atoms with Crippen LogP contribution < -0.4 is 4.72 Å². The fourth-order valence-corrected chi connectivity index (χ4v) is 3.39. The number of nitrogens with one attached hydrogen (secondary N) is 1. The summed E-state index contributed by atoms with van der Waals surface area (Å²) in [5.74, 6) is 0. The Morgan fingerprint density at radius 2 is 1.93 bits per heavy atom. The second-order valence-corrected chi connectivity index (χ2v) is 6.05. The normalized spacial score (nSPS) is 22.1. The van der Waals surface area contributed by atoms with Gasteiger partial charge in [-0.3, -0.25) is 0 Å². The Morgan fingerprint density at radius 1 is 1.36 bits per heavy atom. The van der Waals surface area contributed by atoms with E-state index in [4.69, 9.17) is 5.11 Å². The first-order valence-corrected chi connectivity index (χ1v) is 6.73. The van der Waals surface area contributed by atoms with E-state index in [2.05, 4.69) is 4.72 Å². The summed E-state index contributed by atoms with van der Waals surface area (Å²) in [4.78, 5) is 0. The number of rotatable bonds is 4. The zero-order valence-electron chi connectivity index (χ0n) is 8.57. The second-order valence-electron chi connectivity index (χ2n) is 4.00. The van der Waals surface area contributed by atoms with Crippen LogP contribution in [0.1, 0.15) is 39.0 Å². The van der Waals surface area contributed by atoms with Crippen molar-refractivity contribution in [2.24, 2.45) is 0 Å². The molecule has 0 spiro atoms. The van der Waals surface area contributed by atoms with Crippen LogP contribution in [0, 0.1) is 0 Å². The fraction of sp³-hybridized carbons (Fsp3) is 1.00. The molecule has 2 N–H and O–H groups in total. The molecule has 4 nitrogen and oxygen atoms in total. The van der Waals surface area contributed by atoms with Crippen molar-refractivity contribution in [1.29, 1.82) is 0 Å². The largest absolute Gasteiger partial charge is 0.392 e. The minimum absolute atomic E-state index is 0.124. The molecule has 0 aromatic rings. The minimum atomic E-state index is -3.19. The lowest BCUT2D eigenvalue weighted by molar-refractivity contribution is 0.198. The van der Waals surface area contributed by atoms with Crippen molar-refractivity contribution in [3.05, 3.63) is 0 Å². The molecule has 0 saturated heterocycles. The fourth-order valence-electron chi connectivity index (χ4n) is 1.73. The number of sulfonamides is 1. The number of aliphatic hydroxyl groups excluding tert-OH is 1. The van der Waals surface area contributed by atoms with E-state index in [0.717, 1.165) is 32.1 Å². The van der Waals surface area contributed by atoms with E-state index < -0.39 is 16.1 Å². The Kier molecular flexibility index (Phi) is 4.34. The third kappa shape index (κ3) is 3.55. The van der Waals surface area contributed by atoms with E-state index in [-0.39, 0.29) is 11.8 Å². The molecule has 0 heterocycles. The average Bonchev–Trinajstić information content (AvgIpc) is 2.16. The molecular weight excluding hydrogens is 202 g/mol. The molecule has 84 valence electrons. The quantitative estimate of drug-likeness (QED) is 0.731. The first-order valence-electron chi connectivity index (χ1n) is 5.19. The third-order valence-corrected chi connectivity index (χ3v) is 4.49. The summed E-state index contributed by atoms with van der Waals surface area (Å²) in [5.41, 5.74) is 0. The Bertz CT molecular complexity index is 255. The molecule has 0 radical (unpaired) electrons. The molecule has 1 saturated carbocycles. The van der Waals surface area contributed by atoms with Gasteiger partial charge in [0, 0.05) is 6.54 Å². The summed E-state index contributed by atoms with van der Waals surface area (Å²) in [5, 5.41) is 8.75. The number of hydrogen-bond acceptors (Lipinski definition) is 3. The van der Waals surface area contributed by atoms with E-state index in [1.165, 1.54) is 0 Å². The first kappa shape index (κ1) is 11.9. The minimum Gasteiger partial charge on any atom is -0.392 e. The van der Waals surface area contributed by atoms with Crippen LogP contribution in [0.5, 0.6) is 0 Å². The van der Waals surface area contributed by atoms with Gasteiger partial charge in [0.1, 0.15) is 0 Å². The Hall–Kier alpha value is -0.130. The van der Waals surface area contributed by atoms with Crippen molar-refractivity contribution in [2.75, 3.05) is 6.54 Å². The van der Waals surface area contributed by atoms with Crippen LogP contribution in [-0.4, -0.2) is 31.4 Å². The maximum atomic E-state index is 11.7. The highest BCUT2D eigenvalue weighted by molar-refractivity contribution is 7.90. The number of aliphatic hydroxyl groups is 1. The topological polar surface area (TPSA) is 66.4 Å². The first-order chi connectivity index (χ1) is 6.52. The van der Waals surface area contributed by atoms with Gasteiger partial charge in [0.15, 0.2) is 0 Å². The average molecular weight is 221 g/mol. The zero-order chi connectivity index (χ0) is 10.6. The Balaban J connectivity index is 2.46. The van der Waals surface area contributed by atoms with Crippen LogP contribution in [0.15, 0.2) is 0 Å². The van der Waals surface area contributed by atoms with E-state index in [0.29, 0.717) is 0 Å². The van der Waals surface area contributed by atoms with Crippen LogP contribution in [0.4, 0.5) is 0 Å². The molecule has 1 aliphatic rings. The lowest BCUT2D eigenvalue weighted by Gasteiger charge is -2.22. The molecule has 5 heteroatoms. The van der Waals surface area contributed by atoms with Crippen molar-refractivity contribution < 1.29 is 13.5 Å².